The summed E-state index contributed by atoms with van der Waals surface area (Å²) in [6.45, 7) is 0.489. The van der Waals surface area contributed by atoms with Gasteiger partial charge in [0.05, 0.1) is 18.0 Å². The summed E-state index contributed by atoms with van der Waals surface area (Å²) in [6, 6.07) is 3.64. The Kier molecular flexibility index (Phi) is 3.58. The molecule has 0 radical (unpaired) electrons. The molecule has 1 amide bonds. The summed E-state index contributed by atoms with van der Waals surface area (Å²) >= 11 is 1.33. The molecule has 1 fully saturated rings. The second-order valence-corrected chi connectivity index (χ2v) is 6.18. The Morgan fingerprint density at radius 3 is 2.95 bits per heavy atom. The predicted octanol–water partition coefficient (Wildman–Crippen LogP) is 2.40. The Bertz CT molecular complexity index is 585. The van der Waals surface area contributed by atoms with Crippen molar-refractivity contribution in [3.63, 3.8) is 0 Å². The van der Waals surface area contributed by atoms with Gasteiger partial charge in [-0.05, 0) is 25.0 Å². The number of aromatic nitrogens is 1. The topological polar surface area (TPSA) is 81.1 Å². The highest BCUT2D eigenvalue weighted by molar-refractivity contribution is 7.16. The number of carbonyl (C=O) groups excluding carboxylic acids is 1. The average Bonchev–Trinajstić information content (AvgIpc) is 3.19. The number of thiazole rings is 1. The van der Waals surface area contributed by atoms with Crippen molar-refractivity contribution in [2.75, 3.05) is 6.54 Å². The smallest absolute Gasteiger partial charge is 0.263 e. The van der Waals surface area contributed by atoms with Crippen molar-refractivity contribution in [3.8, 4) is 10.8 Å². The van der Waals surface area contributed by atoms with Gasteiger partial charge in [-0.1, -0.05) is 12.8 Å². The summed E-state index contributed by atoms with van der Waals surface area (Å²) in [5.41, 5.74) is 5.61. The molecule has 106 valence electrons. The monoisotopic (exact) mass is 291 g/mol. The molecular weight excluding hydrogens is 274 g/mol. The third-order valence-corrected chi connectivity index (χ3v) is 4.80. The van der Waals surface area contributed by atoms with Crippen molar-refractivity contribution >= 4 is 17.2 Å². The van der Waals surface area contributed by atoms with Crippen molar-refractivity contribution in [2.45, 2.75) is 31.2 Å². The Hall–Kier alpha value is -1.66. The zero-order valence-electron chi connectivity index (χ0n) is 11.1. The van der Waals surface area contributed by atoms with Gasteiger partial charge in [-0.15, -0.1) is 11.3 Å². The van der Waals surface area contributed by atoms with Crippen LogP contribution in [0.4, 0.5) is 0 Å². The van der Waals surface area contributed by atoms with Gasteiger partial charge in [0, 0.05) is 6.54 Å². The first-order chi connectivity index (χ1) is 9.72. The molecule has 0 spiro atoms. The molecule has 2 heterocycles. The van der Waals surface area contributed by atoms with E-state index in [1.165, 1.54) is 11.3 Å². The SMILES string of the molecule is NCC1(NC(=O)c2cnc(-c3ccco3)s2)CCCC1. The Morgan fingerprint density at radius 2 is 2.30 bits per heavy atom. The first-order valence-electron chi connectivity index (χ1n) is 6.75. The van der Waals surface area contributed by atoms with Crippen LogP contribution in [0.1, 0.15) is 35.4 Å². The number of hydrogen-bond acceptors (Lipinski definition) is 5. The zero-order chi connectivity index (χ0) is 14.0. The Labute approximate surface area is 121 Å². The van der Waals surface area contributed by atoms with Gasteiger partial charge in [0.15, 0.2) is 10.8 Å². The highest BCUT2D eigenvalue weighted by Gasteiger charge is 2.34. The summed E-state index contributed by atoms with van der Waals surface area (Å²) in [6.07, 6.45) is 7.35. The second kappa shape index (κ2) is 5.38. The van der Waals surface area contributed by atoms with E-state index in [2.05, 4.69) is 10.3 Å². The van der Waals surface area contributed by atoms with E-state index < -0.39 is 0 Å². The van der Waals surface area contributed by atoms with Crippen molar-refractivity contribution in [2.24, 2.45) is 5.73 Å². The van der Waals surface area contributed by atoms with E-state index in [4.69, 9.17) is 10.2 Å². The largest absolute Gasteiger partial charge is 0.462 e. The van der Waals surface area contributed by atoms with Gasteiger partial charge < -0.3 is 15.5 Å². The van der Waals surface area contributed by atoms with Crippen LogP contribution in [0.15, 0.2) is 29.0 Å². The van der Waals surface area contributed by atoms with Crippen LogP contribution in [0.3, 0.4) is 0 Å². The highest BCUT2D eigenvalue weighted by atomic mass is 32.1. The van der Waals surface area contributed by atoms with E-state index in [9.17, 15) is 4.79 Å². The molecule has 0 bridgehead atoms. The van der Waals surface area contributed by atoms with Crippen LogP contribution in [0.25, 0.3) is 10.8 Å². The fourth-order valence-electron chi connectivity index (χ4n) is 2.63. The lowest BCUT2D eigenvalue weighted by Crippen LogP contribution is -2.51. The van der Waals surface area contributed by atoms with Crippen molar-refractivity contribution < 1.29 is 9.21 Å². The maximum Gasteiger partial charge on any atom is 0.263 e. The minimum absolute atomic E-state index is 0.0901. The summed E-state index contributed by atoms with van der Waals surface area (Å²) in [4.78, 5) is 17.1. The summed E-state index contributed by atoms with van der Waals surface area (Å²) in [7, 11) is 0. The van der Waals surface area contributed by atoms with Crippen LogP contribution in [-0.2, 0) is 0 Å². The molecule has 20 heavy (non-hydrogen) atoms. The quantitative estimate of drug-likeness (QED) is 0.906. The summed E-state index contributed by atoms with van der Waals surface area (Å²) in [5.74, 6) is 0.594. The molecule has 5 nitrogen and oxygen atoms in total. The van der Waals surface area contributed by atoms with E-state index in [1.54, 1.807) is 18.5 Å². The van der Waals surface area contributed by atoms with Crippen LogP contribution in [0.5, 0.6) is 0 Å². The zero-order valence-corrected chi connectivity index (χ0v) is 11.9. The third-order valence-electron chi connectivity index (χ3n) is 3.79. The molecule has 6 heteroatoms. The number of carbonyl (C=O) groups is 1. The summed E-state index contributed by atoms with van der Waals surface area (Å²) < 4.78 is 5.28. The van der Waals surface area contributed by atoms with Gasteiger partial charge in [0.1, 0.15) is 4.88 Å². The van der Waals surface area contributed by atoms with Gasteiger partial charge in [0.2, 0.25) is 0 Å². The first-order valence-corrected chi connectivity index (χ1v) is 7.56. The highest BCUT2D eigenvalue weighted by Crippen LogP contribution is 2.30. The van der Waals surface area contributed by atoms with Crippen LogP contribution < -0.4 is 11.1 Å². The van der Waals surface area contributed by atoms with Crippen LogP contribution in [0, 0.1) is 0 Å². The van der Waals surface area contributed by atoms with E-state index >= 15 is 0 Å². The maximum atomic E-state index is 12.3. The third kappa shape index (κ3) is 2.48. The first kappa shape index (κ1) is 13.3. The van der Waals surface area contributed by atoms with E-state index in [0.717, 1.165) is 25.7 Å². The molecule has 2 aromatic heterocycles. The lowest BCUT2D eigenvalue weighted by Gasteiger charge is -2.28. The minimum atomic E-state index is -0.230. The molecule has 3 rings (SSSR count). The molecule has 1 saturated carbocycles. The van der Waals surface area contributed by atoms with Crippen LogP contribution in [0.2, 0.25) is 0 Å². The van der Waals surface area contributed by atoms with E-state index in [1.807, 2.05) is 6.07 Å². The lowest BCUT2D eigenvalue weighted by molar-refractivity contribution is 0.0907. The number of furan rings is 1. The molecule has 0 unspecified atom stereocenters. The molecule has 0 atom stereocenters. The fourth-order valence-corrected chi connectivity index (χ4v) is 3.41. The molecule has 2 aromatic rings. The molecule has 0 aliphatic heterocycles. The Morgan fingerprint density at radius 1 is 1.50 bits per heavy atom. The lowest BCUT2D eigenvalue weighted by atomic mass is 9.98. The number of hydrogen-bond donors (Lipinski definition) is 2. The second-order valence-electron chi connectivity index (χ2n) is 5.15. The van der Waals surface area contributed by atoms with Crippen LogP contribution in [-0.4, -0.2) is 23.0 Å². The standard InChI is InChI=1S/C14H17N3O2S/c15-9-14(5-1-2-6-14)17-12(18)11-8-16-13(20-11)10-4-3-7-19-10/h3-4,7-8H,1-2,5-6,9,15H2,(H,17,18). The molecule has 0 saturated heterocycles. The number of nitrogens with one attached hydrogen (secondary N) is 1. The molecule has 1 aliphatic carbocycles. The molecule has 3 N–H and O–H groups in total. The van der Waals surface area contributed by atoms with Crippen molar-refractivity contribution in [1.82, 2.24) is 10.3 Å². The van der Waals surface area contributed by atoms with E-state index in [-0.39, 0.29) is 11.4 Å². The number of nitrogens with two attached hydrogens (primary N) is 1. The van der Waals surface area contributed by atoms with Gasteiger partial charge in [-0.25, -0.2) is 4.98 Å². The van der Waals surface area contributed by atoms with Crippen molar-refractivity contribution in [1.29, 1.82) is 0 Å². The minimum Gasteiger partial charge on any atom is -0.462 e. The predicted molar refractivity (Wildman–Crippen MR) is 77.5 cm³/mol. The number of amides is 1. The fraction of sp³-hybridized carbons (Fsp3) is 0.429. The van der Waals surface area contributed by atoms with Gasteiger partial charge in [0.25, 0.3) is 5.91 Å². The van der Waals surface area contributed by atoms with Gasteiger partial charge in [-0.2, -0.15) is 0 Å². The number of rotatable bonds is 4. The molecule has 1 aliphatic rings. The van der Waals surface area contributed by atoms with Crippen LogP contribution >= 0.6 is 11.3 Å². The Balaban J connectivity index is 1.74. The normalized spacial score (nSPS) is 17.2. The maximum absolute atomic E-state index is 12.3. The summed E-state index contributed by atoms with van der Waals surface area (Å²) in [5, 5.41) is 3.81. The van der Waals surface area contributed by atoms with Gasteiger partial charge in [-0.3, -0.25) is 4.79 Å². The number of nitrogens with zero attached hydrogens (tertiary/aromatic N) is 1. The van der Waals surface area contributed by atoms with Gasteiger partial charge >= 0.3 is 0 Å². The van der Waals surface area contributed by atoms with Crippen molar-refractivity contribution in [3.05, 3.63) is 29.5 Å². The average molecular weight is 291 g/mol. The van der Waals surface area contributed by atoms with E-state index in [0.29, 0.717) is 22.2 Å². The molecule has 0 aromatic carbocycles. The molecular formula is C14H17N3O2S.